The molecule has 1 unspecified atom stereocenters. The molecule has 2 saturated heterocycles. The van der Waals surface area contributed by atoms with Crippen molar-refractivity contribution in [2.45, 2.75) is 43.9 Å². The van der Waals surface area contributed by atoms with Crippen LogP contribution in [0.1, 0.15) is 55.6 Å². The number of hydrogen-bond acceptors (Lipinski definition) is 4. The second-order valence-corrected chi connectivity index (χ2v) is 8.49. The highest BCUT2D eigenvalue weighted by molar-refractivity contribution is 6.00. The van der Waals surface area contributed by atoms with Crippen molar-refractivity contribution in [3.8, 4) is 0 Å². The topological polar surface area (TPSA) is 82.2 Å². The van der Waals surface area contributed by atoms with Gasteiger partial charge < -0.3 is 9.80 Å². The summed E-state index contributed by atoms with van der Waals surface area (Å²) in [6.45, 7) is 1.35. The summed E-state index contributed by atoms with van der Waals surface area (Å²) in [5.74, 6) is 0.226. The van der Waals surface area contributed by atoms with Crippen LogP contribution in [-0.4, -0.2) is 51.5 Å². The molecule has 0 radical (unpaired) electrons. The maximum Gasteiger partial charge on any atom is 0.228 e. The number of rotatable bonds is 4. The molecule has 7 nitrogen and oxygen atoms in total. The molecule has 2 aromatic rings. The quantitative estimate of drug-likeness (QED) is 0.833. The summed E-state index contributed by atoms with van der Waals surface area (Å²) in [6.07, 6.45) is 3.96. The molecule has 2 aliphatic heterocycles. The van der Waals surface area contributed by atoms with E-state index in [1.54, 1.807) is 4.90 Å². The number of aromatic amines is 1. The first-order valence-electron chi connectivity index (χ1n) is 10.5. The molecule has 2 amide bonds. The van der Waals surface area contributed by atoms with Crippen molar-refractivity contribution in [2.75, 3.05) is 24.5 Å². The molecule has 1 aliphatic carbocycles. The fourth-order valence-electron chi connectivity index (χ4n) is 4.44. The summed E-state index contributed by atoms with van der Waals surface area (Å²) in [5.41, 5.74) is 0.156. The van der Waals surface area contributed by atoms with E-state index in [9.17, 15) is 18.4 Å². The van der Waals surface area contributed by atoms with Gasteiger partial charge in [0.2, 0.25) is 11.8 Å². The molecule has 0 bridgehead atoms. The summed E-state index contributed by atoms with van der Waals surface area (Å²) < 4.78 is 27.0. The van der Waals surface area contributed by atoms with Gasteiger partial charge in [-0.15, -0.1) is 0 Å². The summed E-state index contributed by atoms with van der Waals surface area (Å²) in [7, 11) is 0. The van der Waals surface area contributed by atoms with Crippen molar-refractivity contribution in [3.05, 3.63) is 41.5 Å². The number of hydrogen-bond donors (Lipinski definition) is 1. The van der Waals surface area contributed by atoms with Gasteiger partial charge in [0.15, 0.2) is 5.82 Å². The molecule has 3 fully saturated rings. The van der Waals surface area contributed by atoms with E-state index in [0.717, 1.165) is 55.5 Å². The fourth-order valence-corrected chi connectivity index (χ4v) is 4.44. The first kappa shape index (κ1) is 19.1. The molecule has 3 heterocycles. The maximum atomic E-state index is 13.5. The summed E-state index contributed by atoms with van der Waals surface area (Å²) >= 11 is 0. The number of anilines is 1. The Kier molecular flexibility index (Phi) is 4.75. The van der Waals surface area contributed by atoms with Crippen LogP contribution < -0.4 is 4.90 Å². The minimum atomic E-state index is -0.744. The van der Waals surface area contributed by atoms with E-state index in [2.05, 4.69) is 15.2 Å². The Morgan fingerprint density at radius 2 is 1.73 bits per heavy atom. The van der Waals surface area contributed by atoms with Crippen LogP contribution in [0.4, 0.5) is 14.5 Å². The standard InChI is InChI=1S/C21H23F2N5O2/c22-15-8-16(23)10-17(9-15)28-11-14(7-18(28)29)21(30)27-5-3-13(4-6-27)20-24-19(25-26-20)12-1-2-12/h8-10,12-14H,1-7,11H2,(H,24,25,26). The molecule has 1 aromatic carbocycles. The van der Waals surface area contributed by atoms with Gasteiger partial charge in [-0.25, -0.2) is 13.8 Å². The third kappa shape index (κ3) is 3.68. The van der Waals surface area contributed by atoms with Crippen LogP contribution in [0.2, 0.25) is 0 Å². The largest absolute Gasteiger partial charge is 0.342 e. The number of likely N-dealkylation sites (tertiary alicyclic amines) is 1. The Labute approximate surface area is 172 Å². The molecular weight excluding hydrogens is 392 g/mol. The minimum Gasteiger partial charge on any atom is -0.342 e. The van der Waals surface area contributed by atoms with E-state index in [1.807, 2.05) is 0 Å². The smallest absolute Gasteiger partial charge is 0.228 e. The lowest BCUT2D eigenvalue weighted by Crippen LogP contribution is -2.42. The number of carbonyl (C=O) groups is 2. The zero-order valence-electron chi connectivity index (χ0n) is 16.5. The lowest BCUT2D eigenvalue weighted by molar-refractivity contribution is -0.136. The van der Waals surface area contributed by atoms with E-state index in [-0.39, 0.29) is 36.4 Å². The highest BCUT2D eigenvalue weighted by atomic mass is 19.1. The molecule has 1 N–H and O–H groups in total. The fraction of sp³-hybridized carbons (Fsp3) is 0.524. The Balaban J connectivity index is 1.20. The lowest BCUT2D eigenvalue weighted by Gasteiger charge is -2.32. The average Bonchev–Trinajstić information content (AvgIpc) is 3.32. The zero-order valence-corrected chi connectivity index (χ0v) is 16.5. The Morgan fingerprint density at radius 3 is 2.40 bits per heavy atom. The minimum absolute atomic E-state index is 0.0593. The van der Waals surface area contributed by atoms with Crippen LogP contribution in [0.25, 0.3) is 0 Å². The number of piperidine rings is 1. The maximum absolute atomic E-state index is 13.5. The van der Waals surface area contributed by atoms with Crippen molar-refractivity contribution in [3.63, 3.8) is 0 Å². The van der Waals surface area contributed by atoms with Crippen LogP contribution in [-0.2, 0) is 9.59 Å². The predicted octanol–water partition coefficient (Wildman–Crippen LogP) is 2.72. The van der Waals surface area contributed by atoms with E-state index >= 15 is 0 Å². The van der Waals surface area contributed by atoms with E-state index in [0.29, 0.717) is 19.0 Å². The first-order chi connectivity index (χ1) is 14.5. The third-order valence-electron chi connectivity index (χ3n) is 6.29. The number of nitrogens with one attached hydrogen (secondary N) is 1. The highest BCUT2D eigenvalue weighted by Crippen LogP contribution is 2.38. The van der Waals surface area contributed by atoms with Crippen molar-refractivity contribution >= 4 is 17.5 Å². The van der Waals surface area contributed by atoms with Crippen molar-refractivity contribution in [1.29, 1.82) is 0 Å². The molecule has 1 saturated carbocycles. The predicted molar refractivity (Wildman–Crippen MR) is 104 cm³/mol. The van der Waals surface area contributed by atoms with Crippen LogP contribution in [0.15, 0.2) is 18.2 Å². The van der Waals surface area contributed by atoms with Gasteiger partial charge in [-0.1, -0.05) is 0 Å². The number of nitrogens with zero attached hydrogens (tertiary/aromatic N) is 4. The molecule has 1 atom stereocenters. The molecular formula is C21H23F2N5O2. The van der Waals surface area contributed by atoms with Crippen LogP contribution in [0, 0.1) is 17.6 Å². The first-order valence-corrected chi connectivity index (χ1v) is 10.5. The second kappa shape index (κ2) is 7.45. The SMILES string of the molecule is O=C(C1CC(=O)N(c2cc(F)cc(F)c2)C1)N1CCC(c2nc(C3CC3)n[nH]2)CC1. The number of amides is 2. The van der Waals surface area contributed by atoms with Crippen molar-refractivity contribution < 1.29 is 18.4 Å². The van der Waals surface area contributed by atoms with Crippen LogP contribution >= 0.6 is 0 Å². The Bertz CT molecular complexity index is 961. The number of benzene rings is 1. The summed E-state index contributed by atoms with van der Waals surface area (Å²) in [6, 6.07) is 3.00. The Morgan fingerprint density at radius 1 is 1.03 bits per heavy atom. The molecule has 30 heavy (non-hydrogen) atoms. The average molecular weight is 415 g/mol. The zero-order chi connectivity index (χ0) is 20.8. The number of halogens is 2. The van der Waals surface area contributed by atoms with Crippen LogP contribution in [0.5, 0.6) is 0 Å². The lowest BCUT2D eigenvalue weighted by atomic mass is 9.95. The van der Waals surface area contributed by atoms with E-state index < -0.39 is 17.6 Å². The summed E-state index contributed by atoms with van der Waals surface area (Å²) in [5, 5.41) is 7.37. The Hall–Kier alpha value is -2.84. The molecule has 5 rings (SSSR count). The van der Waals surface area contributed by atoms with E-state index in [1.165, 1.54) is 4.90 Å². The van der Waals surface area contributed by atoms with Crippen molar-refractivity contribution in [2.24, 2.45) is 5.92 Å². The number of aromatic nitrogens is 3. The van der Waals surface area contributed by atoms with E-state index in [4.69, 9.17) is 0 Å². The normalized spacial score (nSPS) is 22.7. The summed E-state index contributed by atoms with van der Waals surface area (Å²) in [4.78, 5) is 33.1. The highest BCUT2D eigenvalue weighted by Gasteiger charge is 2.39. The number of carbonyl (C=O) groups excluding carboxylic acids is 2. The molecule has 3 aliphatic rings. The monoisotopic (exact) mass is 415 g/mol. The van der Waals surface area contributed by atoms with Gasteiger partial charge in [-0.05, 0) is 37.8 Å². The van der Waals surface area contributed by atoms with Gasteiger partial charge in [0.1, 0.15) is 17.5 Å². The van der Waals surface area contributed by atoms with Gasteiger partial charge in [0, 0.05) is 49.6 Å². The van der Waals surface area contributed by atoms with Gasteiger partial charge in [-0.2, -0.15) is 5.10 Å². The third-order valence-corrected chi connectivity index (χ3v) is 6.29. The van der Waals surface area contributed by atoms with Gasteiger partial charge in [0.05, 0.1) is 5.92 Å². The molecule has 1 aromatic heterocycles. The second-order valence-electron chi connectivity index (χ2n) is 8.49. The van der Waals surface area contributed by atoms with Gasteiger partial charge in [0.25, 0.3) is 0 Å². The van der Waals surface area contributed by atoms with Crippen LogP contribution in [0.3, 0.4) is 0 Å². The van der Waals surface area contributed by atoms with Crippen molar-refractivity contribution in [1.82, 2.24) is 20.1 Å². The molecule has 9 heteroatoms. The van der Waals surface area contributed by atoms with Gasteiger partial charge >= 0.3 is 0 Å². The molecule has 158 valence electrons. The number of H-pyrrole nitrogens is 1. The van der Waals surface area contributed by atoms with Gasteiger partial charge in [-0.3, -0.25) is 14.7 Å². The molecule has 0 spiro atoms.